The molecule has 2 nitrogen and oxygen atoms in total. The van der Waals surface area contributed by atoms with Gasteiger partial charge in [-0.15, -0.1) is 0 Å². The number of rotatable bonds is 14. The number of hydroxylamine groups is 2. The maximum atomic E-state index is 5.90. The SMILES string of the molecule is CCCCC(CC)CN(CC(CC)CCCC)OCC. The van der Waals surface area contributed by atoms with Crippen LogP contribution in [0.5, 0.6) is 0 Å². The van der Waals surface area contributed by atoms with Crippen LogP contribution in [0, 0.1) is 11.8 Å². The zero-order valence-corrected chi connectivity index (χ0v) is 14.8. The second-order valence-corrected chi connectivity index (χ2v) is 6.10. The van der Waals surface area contributed by atoms with Crippen molar-refractivity contribution in [2.45, 2.75) is 86.0 Å². The largest absolute Gasteiger partial charge is 0.299 e. The zero-order chi connectivity index (χ0) is 15.2. The normalized spacial score (nSPS) is 14.7. The lowest BCUT2D eigenvalue weighted by Crippen LogP contribution is -2.34. The molecule has 0 bridgehead atoms. The minimum Gasteiger partial charge on any atom is -0.299 e. The Labute approximate surface area is 128 Å². The maximum absolute atomic E-state index is 5.90. The minimum atomic E-state index is 0.796. The standard InChI is InChI=1S/C18H39NO/c1-6-11-13-17(8-3)15-19(20-10-5)16-18(9-4)14-12-7-2/h17-18H,6-16H2,1-5H3. The summed E-state index contributed by atoms with van der Waals surface area (Å²) >= 11 is 0. The quantitative estimate of drug-likeness (QED) is 0.381. The maximum Gasteiger partial charge on any atom is 0.0656 e. The summed E-state index contributed by atoms with van der Waals surface area (Å²) in [5, 5.41) is 2.27. The third-order valence-electron chi connectivity index (χ3n) is 4.32. The Morgan fingerprint density at radius 3 is 1.50 bits per heavy atom. The number of nitrogens with zero attached hydrogens (tertiary/aromatic N) is 1. The fourth-order valence-electron chi connectivity index (χ4n) is 2.77. The molecule has 0 aromatic rings. The van der Waals surface area contributed by atoms with Gasteiger partial charge in [0, 0.05) is 13.1 Å². The average molecular weight is 286 g/mol. The lowest BCUT2D eigenvalue weighted by Gasteiger charge is -2.29. The summed E-state index contributed by atoms with van der Waals surface area (Å²) < 4.78 is 0. The van der Waals surface area contributed by atoms with Gasteiger partial charge < -0.3 is 0 Å². The first-order valence-electron chi connectivity index (χ1n) is 9.09. The van der Waals surface area contributed by atoms with Crippen molar-refractivity contribution in [3.8, 4) is 0 Å². The van der Waals surface area contributed by atoms with Crippen LogP contribution in [0.25, 0.3) is 0 Å². The average Bonchev–Trinajstić information content (AvgIpc) is 2.47. The van der Waals surface area contributed by atoms with Crippen LogP contribution < -0.4 is 0 Å². The molecule has 0 saturated heterocycles. The van der Waals surface area contributed by atoms with Gasteiger partial charge >= 0.3 is 0 Å². The second-order valence-electron chi connectivity index (χ2n) is 6.10. The molecule has 0 aliphatic carbocycles. The summed E-state index contributed by atoms with van der Waals surface area (Å²) in [5.74, 6) is 1.59. The molecule has 0 amide bonds. The van der Waals surface area contributed by atoms with Crippen molar-refractivity contribution < 1.29 is 4.84 Å². The van der Waals surface area contributed by atoms with E-state index in [4.69, 9.17) is 4.84 Å². The predicted octanol–water partition coefficient (Wildman–Crippen LogP) is 5.67. The van der Waals surface area contributed by atoms with Gasteiger partial charge in [0.15, 0.2) is 0 Å². The van der Waals surface area contributed by atoms with Crippen LogP contribution in [0.1, 0.15) is 86.0 Å². The molecule has 0 heterocycles. The highest BCUT2D eigenvalue weighted by atomic mass is 16.7. The Morgan fingerprint density at radius 1 is 0.750 bits per heavy atom. The molecule has 2 heteroatoms. The van der Waals surface area contributed by atoms with Gasteiger partial charge in [-0.05, 0) is 31.6 Å². The molecule has 20 heavy (non-hydrogen) atoms. The van der Waals surface area contributed by atoms with E-state index < -0.39 is 0 Å². The van der Waals surface area contributed by atoms with Crippen LogP contribution in [-0.4, -0.2) is 24.8 Å². The monoisotopic (exact) mass is 285 g/mol. The van der Waals surface area contributed by atoms with Crippen LogP contribution in [0.3, 0.4) is 0 Å². The number of hydrogen-bond acceptors (Lipinski definition) is 2. The van der Waals surface area contributed by atoms with Crippen LogP contribution >= 0.6 is 0 Å². The highest BCUT2D eigenvalue weighted by molar-refractivity contribution is 4.65. The smallest absolute Gasteiger partial charge is 0.0656 e. The van der Waals surface area contributed by atoms with E-state index in [0.717, 1.165) is 31.5 Å². The lowest BCUT2D eigenvalue weighted by atomic mass is 9.97. The number of hydrogen-bond donors (Lipinski definition) is 0. The van der Waals surface area contributed by atoms with Crippen molar-refractivity contribution in [2.24, 2.45) is 11.8 Å². The van der Waals surface area contributed by atoms with E-state index in [9.17, 15) is 0 Å². The highest BCUT2D eigenvalue weighted by Crippen LogP contribution is 2.19. The molecular formula is C18H39NO. The van der Waals surface area contributed by atoms with E-state index >= 15 is 0 Å². The summed E-state index contributed by atoms with van der Waals surface area (Å²) in [6.07, 6.45) is 10.6. The van der Waals surface area contributed by atoms with E-state index in [1.165, 1.54) is 51.4 Å². The molecule has 0 rings (SSSR count). The second kappa shape index (κ2) is 13.9. The van der Waals surface area contributed by atoms with E-state index in [0.29, 0.717) is 0 Å². The van der Waals surface area contributed by atoms with Gasteiger partial charge in [0.25, 0.3) is 0 Å². The van der Waals surface area contributed by atoms with E-state index in [1.54, 1.807) is 0 Å². The van der Waals surface area contributed by atoms with Crippen molar-refractivity contribution in [3.63, 3.8) is 0 Å². The summed E-state index contributed by atoms with van der Waals surface area (Å²) in [6, 6.07) is 0. The van der Waals surface area contributed by atoms with Crippen LogP contribution in [-0.2, 0) is 4.84 Å². The molecule has 0 N–H and O–H groups in total. The molecule has 122 valence electrons. The Morgan fingerprint density at radius 2 is 1.20 bits per heavy atom. The van der Waals surface area contributed by atoms with Crippen molar-refractivity contribution >= 4 is 0 Å². The summed E-state index contributed by atoms with van der Waals surface area (Å²) in [6.45, 7) is 14.3. The van der Waals surface area contributed by atoms with Gasteiger partial charge in [0.1, 0.15) is 0 Å². The van der Waals surface area contributed by atoms with Crippen LogP contribution in [0.4, 0.5) is 0 Å². The first-order valence-corrected chi connectivity index (χ1v) is 9.09. The molecule has 0 aliphatic heterocycles. The highest BCUT2D eigenvalue weighted by Gasteiger charge is 2.17. The Kier molecular flexibility index (Phi) is 13.8. The van der Waals surface area contributed by atoms with Gasteiger partial charge in [0.05, 0.1) is 6.61 Å². The van der Waals surface area contributed by atoms with Gasteiger partial charge in [-0.1, -0.05) is 66.2 Å². The molecule has 0 saturated carbocycles. The third-order valence-corrected chi connectivity index (χ3v) is 4.32. The van der Waals surface area contributed by atoms with Gasteiger partial charge in [-0.25, -0.2) is 0 Å². The van der Waals surface area contributed by atoms with Gasteiger partial charge in [-0.3, -0.25) is 4.84 Å². The zero-order valence-electron chi connectivity index (χ0n) is 14.8. The molecule has 0 radical (unpaired) electrons. The lowest BCUT2D eigenvalue weighted by molar-refractivity contribution is -0.170. The van der Waals surface area contributed by atoms with Gasteiger partial charge in [-0.2, -0.15) is 5.06 Å². The van der Waals surface area contributed by atoms with Crippen LogP contribution in [0.2, 0.25) is 0 Å². The molecule has 0 aromatic carbocycles. The predicted molar refractivity (Wildman–Crippen MR) is 89.8 cm³/mol. The Bertz CT molecular complexity index is 178. The molecular weight excluding hydrogens is 246 g/mol. The van der Waals surface area contributed by atoms with E-state index in [-0.39, 0.29) is 0 Å². The molecule has 2 unspecified atom stereocenters. The summed E-state index contributed by atoms with van der Waals surface area (Å²) in [4.78, 5) is 5.90. The molecule has 0 fully saturated rings. The first-order chi connectivity index (χ1) is 9.71. The van der Waals surface area contributed by atoms with Crippen LogP contribution in [0.15, 0.2) is 0 Å². The molecule has 2 atom stereocenters. The molecule has 0 spiro atoms. The van der Waals surface area contributed by atoms with Crippen molar-refractivity contribution in [3.05, 3.63) is 0 Å². The molecule has 0 aliphatic rings. The summed E-state index contributed by atoms with van der Waals surface area (Å²) in [5.41, 5.74) is 0. The fraction of sp³-hybridized carbons (Fsp3) is 1.00. The Balaban J connectivity index is 4.29. The fourth-order valence-corrected chi connectivity index (χ4v) is 2.77. The number of unbranched alkanes of at least 4 members (excludes halogenated alkanes) is 2. The van der Waals surface area contributed by atoms with E-state index in [1.807, 2.05) is 0 Å². The van der Waals surface area contributed by atoms with Gasteiger partial charge in [0.2, 0.25) is 0 Å². The van der Waals surface area contributed by atoms with Crippen molar-refractivity contribution in [1.82, 2.24) is 5.06 Å². The first kappa shape index (κ1) is 19.9. The minimum absolute atomic E-state index is 0.796. The molecule has 0 aromatic heterocycles. The topological polar surface area (TPSA) is 12.5 Å². The van der Waals surface area contributed by atoms with Crippen molar-refractivity contribution in [1.29, 1.82) is 0 Å². The van der Waals surface area contributed by atoms with E-state index in [2.05, 4.69) is 39.7 Å². The van der Waals surface area contributed by atoms with Crippen molar-refractivity contribution in [2.75, 3.05) is 19.7 Å². The third kappa shape index (κ3) is 9.77. The Hall–Kier alpha value is -0.0800. The summed E-state index contributed by atoms with van der Waals surface area (Å²) in [7, 11) is 0.